The number of anilines is 1. The molecule has 2 rings (SSSR count). The summed E-state index contributed by atoms with van der Waals surface area (Å²) in [4.78, 5) is 23.8. The Bertz CT molecular complexity index is 674. The fraction of sp³-hybridized carbons (Fsp3) is 0.429. The van der Waals surface area contributed by atoms with Crippen molar-refractivity contribution >= 4 is 11.7 Å². The number of hydrogen-bond acceptors (Lipinski definition) is 4. The first-order valence-corrected chi connectivity index (χ1v) is 7.07. The normalized spacial score (nSPS) is 10.6. The molecule has 2 heterocycles. The summed E-state index contributed by atoms with van der Waals surface area (Å²) < 4.78 is 1.32. The van der Waals surface area contributed by atoms with Crippen LogP contribution < -0.4 is 10.9 Å². The first kappa shape index (κ1) is 15.0. The Balaban J connectivity index is 2.13. The van der Waals surface area contributed by atoms with Crippen LogP contribution in [-0.4, -0.2) is 25.9 Å². The van der Waals surface area contributed by atoms with Crippen molar-refractivity contribution in [1.29, 1.82) is 0 Å². The molecule has 0 saturated heterocycles. The molecule has 0 aromatic carbocycles. The molecule has 21 heavy (non-hydrogen) atoms. The van der Waals surface area contributed by atoms with E-state index in [0.29, 0.717) is 12.4 Å². The van der Waals surface area contributed by atoms with Crippen LogP contribution in [0.5, 0.6) is 0 Å². The molecule has 2 N–H and O–H groups in total. The summed E-state index contributed by atoms with van der Waals surface area (Å²) in [6.07, 6.45) is 2.61. The van der Waals surface area contributed by atoms with E-state index in [9.17, 15) is 9.59 Å². The van der Waals surface area contributed by atoms with Crippen molar-refractivity contribution < 1.29 is 4.79 Å². The number of nitrogens with one attached hydrogen (secondary N) is 2. The predicted octanol–water partition coefficient (Wildman–Crippen LogP) is 1.58. The predicted molar refractivity (Wildman–Crippen MR) is 79.3 cm³/mol. The molecule has 2 aromatic rings. The van der Waals surface area contributed by atoms with Crippen LogP contribution in [0.2, 0.25) is 0 Å². The zero-order chi connectivity index (χ0) is 15.2. The molecule has 7 heteroatoms. The molecular weight excluding hydrogens is 270 g/mol. The Morgan fingerprint density at radius 1 is 1.38 bits per heavy atom. The Hall–Kier alpha value is -2.44. The van der Waals surface area contributed by atoms with E-state index in [-0.39, 0.29) is 17.2 Å². The number of carbonyl (C=O) groups is 1. The molecule has 0 saturated carbocycles. The van der Waals surface area contributed by atoms with E-state index in [1.165, 1.54) is 16.8 Å². The van der Waals surface area contributed by atoms with Crippen molar-refractivity contribution in [2.45, 2.75) is 39.7 Å². The lowest BCUT2D eigenvalue weighted by Crippen LogP contribution is -2.26. The molecule has 0 aliphatic carbocycles. The summed E-state index contributed by atoms with van der Waals surface area (Å²) in [5.41, 5.74) is 0.936. The Kier molecular flexibility index (Phi) is 4.86. The smallest absolute Gasteiger partial charge is 0.277 e. The molecule has 0 unspecified atom stereocenters. The maximum atomic E-state index is 12.1. The molecule has 0 aliphatic rings. The lowest BCUT2D eigenvalue weighted by atomic mass is 10.3. The van der Waals surface area contributed by atoms with Gasteiger partial charge in [-0.2, -0.15) is 10.2 Å². The molecule has 0 aliphatic heterocycles. The summed E-state index contributed by atoms with van der Waals surface area (Å²) in [7, 11) is 0. The van der Waals surface area contributed by atoms with Gasteiger partial charge in [-0.1, -0.05) is 20.3 Å². The maximum Gasteiger partial charge on any atom is 0.277 e. The highest BCUT2D eigenvalue weighted by molar-refractivity contribution is 6.02. The average Bonchev–Trinajstić information content (AvgIpc) is 2.94. The molecule has 0 spiro atoms. The summed E-state index contributed by atoms with van der Waals surface area (Å²) in [5, 5.41) is 13.6. The summed E-state index contributed by atoms with van der Waals surface area (Å²) in [6, 6.07) is 4.55. The standard InChI is InChI=1S/C14H19N5O2/c1-3-5-8-19-13(20)7-6-11(18-19)14(21)15-12-9-10(4-2)16-17-12/h6-7,9H,3-5,8H2,1-2H3,(H2,15,16,17,21). The van der Waals surface area contributed by atoms with Gasteiger partial charge in [0.2, 0.25) is 0 Å². The maximum absolute atomic E-state index is 12.1. The van der Waals surface area contributed by atoms with Gasteiger partial charge in [0.1, 0.15) is 5.69 Å². The van der Waals surface area contributed by atoms with Crippen molar-refractivity contribution in [3.63, 3.8) is 0 Å². The Morgan fingerprint density at radius 3 is 2.86 bits per heavy atom. The zero-order valence-electron chi connectivity index (χ0n) is 12.2. The number of aryl methyl sites for hydroxylation is 2. The molecule has 1 amide bonds. The third-order valence-corrected chi connectivity index (χ3v) is 3.08. The summed E-state index contributed by atoms with van der Waals surface area (Å²) >= 11 is 0. The van der Waals surface area contributed by atoms with Gasteiger partial charge in [0, 0.05) is 24.4 Å². The highest BCUT2D eigenvalue weighted by Gasteiger charge is 2.11. The van der Waals surface area contributed by atoms with E-state index in [2.05, 4.69) is 20.6 Å². The van der Waals surface area contributed by atoms with E-state index in [1.54, 1.807) is 6.07 Å². The zero-order valence-corrected chi connectivity index (χ0v) is 12.2. The number of H-pyrrole nitrogens is 1. The summed E-state index contributed by atoms with van der Waals surface area (Å²) in [6.45, 7) is 4.54. The van der Waals surface area contributed by atoms with Gasteiger partial charge in [-0.05, 0) is 18.9 Å². The number of hydrogen-bond donors (Lipinski definition) is 2. The molecule has 0 bridgehead atoms. The van der Waals surface area contributed by atoms with E-state index in [1.807, 2.05) is 13.8 Å². The second-order valence-electron chi connectivity index (χ2n) is 4.72. The monoisotopic (exact) mass is 289 g/mol. The minimum atomic E-state index is -0.380. The van der Waals surface area contributed by atoms with E-state index in [4.69, 9.17) is 0 Å². The fourth-order valence-corrected chi connectivity index (χ4v) is 1.83. The minimum absolute atomic E-state index is 0.201. The lowest BCUT2D eigenvalue weighted by Gasteiger charge is -2.05. The quantitative estimate of drug-likeness (QED) is 0.844. The van der Waals surface area contributed by atoms with Crippen LogP contribution in [0.1, 0.15) is 42.9 Å². The van der Waals surface area contributed by atoms with E-state index >= 15 is 0 Å². The van der Waals surface area contributed by atoms with Crippen molar-refractivity contribution in [2.24, 2.45) is 0 Å². The fourth-order valence-electron chi connectivity index (χ4n) is 1.83. The second kappa shape index (κ2) is 6.83. The molecule has 0 atom stereocenters. The van der Waals surface area contributed by atoms with Crippen molar-refractivity contribution in [1.82, 2.24) is 20.0 Å². The van der Waals surface area contributed by atoms with Crippen LogP contribution in [0.25, 0.3) is 0 Å². The van der Waals surface area contributed by atoms with Gasteiger partial charge in [0.05, 0.1) is 0 Å². The molecule has 112 valence electrons. The largest absolute Gasteiger partial charge is 0.304 e. The Morgan fingerprint density at radius 2 is 2.19 bits per heavy atom. The number of unbranched alkanes of at least 4 members (excludes halogenated alkanes) is 1. The highest BCUT2D eigenvalue weighted by Crippen LogP contribution is 2.07. The van der Waals surface area contributed by atoms with Gasteiger partial charge in [-0.15, -0.1) is 0 Å². The number of carbonyl (C=O) groups excluding carboxylic acids is 1. The van der Waals surface area contributed by atoms with Gasteiger partial charge in [-0.25, -0.2) is 4.68 Å². The second-order valence-corrected chi connectivity index (χ2v) is 4.72. The van der Waals surface area contributed by atoms with Gasteiger partial charge in [0.25, 0.3) is 11.5 Å². The molecule has 2 aromatic heterocycles. The molecule has 0 radical (unpaired) electrons. The van der Waals surface area contributed by atoms with Crippen LogP contribution >= 0.6 is 0 Å². The van der Waals surface area contributed by atoms with Gasteiger partial charge in [0.15, 0.2) is 5.82 Å². The van der Waals surface area contributed by atoms with Crippen molar-refractivity contribution in [3.05, 3.63) is 39.9 Å². The number of rotatable bonds is 6. The number of nitrogens with zero attached hydrogens (tertiary/aromatic N) is 3. The third kappa shape index (κ3) is 3.77. The SMILES string of the molecule is CCCCn1nc(C(=O)Nc2cc(CC)[nH]n2)ccc1=O. The minimum Gasteiger partial charge on any atom is -0.304 e. The molecule has 0 fully saturated rings. The molecule has 7 nitrogen and oxygen atoms in total. The molecular formula is C14H19N5O2. The van der Waals surface area contributed by atoms with Crippen LogP contribution in [-0.2, 0) is 13.0 Å². The highest BCUT2D eigenvalue weighted by atomic mass is 16.2. The topological polar surface area (TPSA) is 92.7 Å². The number of aromatic nitrogens is 4. The Labute approximate surface area is 122 Å². The lowest BCUT2D eigenvalue weighted by molar-refractivity contribution is 0.101. The average molecular weight is 289 g/mol. The third-order valence-electron chi connectivity index (χ3n) is 3.08. The van der Waals surface area contributed by atoms with Gasteiger partial charge in [-0.3, -0.25) is 14.7 Å². The van der Waals surface area contributed by atoms with Crippen LogP contribution in [0.4, 0.5) is 5.82 Å². The van der Waals surface area contributed by atoms with Gasteiger partial charge < -0.3 is 5.32 Å². The van der Waals surface area contributed by atoms with Gasteiger partial charge >= 0.3 is 0 Å². The van der Waals surface area contributed by atoms with Crippen molar-refractivity contribution in [2.75, 3.05) is 5.32 Å². The van der Waals surface area contributed by atoms with Crippen molar-refractivity contribution in [3.8, 4) is 0 Å². The first-order valence-electron chi connectivity index (χ1n) is 7.07. The summed E-state index contributed by atoms with van der Waals surface area (Å²) in [5.74, 6) is 0.0689. The van der Waals surface area contributed by atoms with Crippen LogP contribution in [0, 0.1) is 0 Å². The number of amides is 1. The first-order chi connectivity index (χ1) is 10.1. The number of aromatic amines is 1. The van der Waals surface area contributed by atoms with Crippen LogP contribution in [0.15, 0.2) is 23.0 Å². The van der Waals surface area contributed by atoms with E-state index in [0.717, 1.165) is 25.0 Å². The van der Waals surface area contributed by atoms with Crippen LogP contribution in [0.3, 0.4) is 0 Å². The van der Waals surface area contributed by atoms with E-state index < -0.39 is 0 Å².